The minimum absolute atomic E-state index is 0.0250. The molecule has 5 nitrogen and oxygen atoms in total. The number of aliphatic hydroxyl groups is 1. The second kappa shape index (κ2) is 8.85. The summed E-state index contributed by atoms with van der Waals surface area (Å²) in [6.45, 7) is 4.31. The molecule has 0 saturated carbocycles. The third-order valence-corrected chi connectivity index (χ3v) is 6.95. The maximum Gasteiger partial charge on any atom is 0.228 e. The van der Waals surface area contributed by atoms with Crippen LogP contribution in [0.4, 0.5) is 0 Å². The zero-order valence-electron chi connectivity index (χ0n) is 17.3. The maximum absolute atomic E-state index is 14.0. The Morgan fingerprint density at radius 2 is 1.90 bits per heavy atom. The molecule has 1 amide bonds. The van der Waals surface area contributed by atoms with Gasteiger partial charge in [-0.15, -0.1) is 0 Å². The smallest absolute Gasteiger partial charge is 0.228 e. The minimum Gasteiger partial charge on any atom is -0.490 e. The number of amides is 1. The lowest BCUT2D eigenvalue weighted by Crippen LogP contribution is -2.49. The quantitative estimate of drug-likeness (QED) is 0.459. The lowest BCUT2D eigenvalue weighted by Gasteiger charge is -2.38. The van der Waals surface area contributed by atoms with E-state index in [1.807, 2.05) is 73.3 Å². The zero-order valence-corrected chi connectivity index (χ0v) is 19.5. The van der Waals surface area contributed by atoms with Crippen molar-refractivity contribution in [3.63, 3.8) is 0 Å². The Morgan fingerprint density at radius 1 is 1.20 bits per heavy atom. The number of aliphatic hydroxyl groups excluding tert-OH is 1. The molecule has 30 heavy (non-hydrogen) atoms. The van der Waals surface area contributed by atoms with E-state index in [0.717, 1.165) is 16.9 Å². The molecule has 2 heterocycles. The summed E-state index contributed by atoms with van der Waals surface area (Å²) in [6, 6.07) is 17.7. The van der Waals surface area contributed by atoms with Crippen molar-refractivity contribution in [1.82, 2.24) is 4.90 Å². The van der Waals surface area contributed by atoms with Gasteiger partial charge in [-0.3, -0.25) is 4.79 Å². The summed E-state index contributed by atoms with van der Waals surface area (Å²) in [7, 11) is 0. The molecule has 2 aromatic carbocycles. The van der Waals surface area contributed by atoms with Crippen molar-refractivity contribution in [3.05, 3.63) is 65.7 Å². The molecular weight excluding hydrogens is 493 g/mol. The van der Waals surface area contributed by atoms with Crippen molar-refractivity contribution < 1.29 is 19.4 Å². The third kappa shape index (κ3) is 4.22. The number of nitrogens with zero attached hydrogens (tertiary/aromatic N) is 1. The van der Waals surface area contributed by atoms with Crippen molar-refractivity contribution in [1.29, 1.82) is 0 Å². The maximum atomic E-state index is 14.0. The SMILES string of the molecule is CC1(C)OC2COc3ccccc3C2N1C(=O)[C@H](Cc1ccccc1)C[C@H](O)CI. The highest BCUT2D eigenvalue weighted by Gasteiger charge is 2.53. The number of carbonyl (C=O) groups is 1. The van der Waals surface area contributed by atoms with Gasteiger partial charge in [0.1, 0.15) is 24.2 Å². The second-order valence-electron chi connectivity index (χ2n) is 8.54. The molecule has 160 valence electrons. The van der Waals surface area contributed by atoms with Crippen LogP contribution in [-0.4, -0.2) is 44.9 Å². The van der Waals surface area contributed by atoms with Crippen molar-refractivity contribution in [2.24, 2.45) is 5.92 Å². The van der Waals surface area contributed by atoms with Gasteiger partial charge < -0.3 is 19.5 Å². The van der Waals surface area contributed by atoms with Crippen molar-refractivity contribution >= 4 is 28.5 Å². The van der Waals surface area contributed by atoms with Gasteiger partial charge in [0.05, 0.1) is 12.1 Å². The van der Waals surface area contributed by atoms with E-state index in [4.69, 9.17) is 9.47 Å². The zero-order chi connectivity index (χ0) is 21.3. The third-order valence-electron chi connectivity index (χ3n) is 5.94. The minimum atomic E-state index is -0.753. The number of alkyl halides is 1. The lowest BCUT2D eigenvalue weighted by molar-refractivity contribution is -0.153. The van der Waals surface area contributed by atoms with Crippen LogP contribution in [0.5, 0.6) is 5.75 Å². The number of rotatable bonds is 6. The number of para-hydroxylation sites is 1. The van der Waals surface area contributed by atoms with Gasteiger partial charge in [-0.1, -0.05) is 71.1 Å². The van der Waals surface area contributed by atoms with E-state index in [9.17, 15) is 9.90 Å². The van der Waals surface area contributed by atoms with Gasteiger partial charge >= 0.3 is 0 Å². The molecule has 2 aliphatic heterocycles. The van der Waals surface area contributed by atoms with E-state index in [1.54, 1.807) is 0 Å². The van der Waals surface area contributed by atoms with E-state index in [-0.39, 0.29) is 24.0 Å². The Balaban J connectivity index is 1.68. The molecule has 4 rings (SSSR count). The van der Waals surface area contributed by atoms with Crippen LogP contribution in [0.25, 0.3) is 0 Å². The Kier molecular flexibility index (Phi) is 6.36. The van der Waals surface area contributed by atoms with Crippen LogP contribution in [0, 0.1) is 5.92 Å². The number of halogens is 1. The van der Waals surface area contributed by atoms with E-state index in [2.05, 4.69) is 22.6 Å². The summed E-state index contributed by atoms with van der Waals surface area (Å²) in [6.07, 6.45) is 0.298. The first-order valence-corrected chi connectivity index (χ1v) is 11.9. The number of ether oxygens (including phenoxy) is 2. The summed E-state index contributed by atoms with van der Waals surface area (Å²) in [5, 5.41) is 10.4. The normalized spacial score (nSPS) is 23.8. The number of hydrogen-bond acceptors (Lipinski definition) is 4. The van der Waals surface area contributed by atoms with Gasteiger partial charge in [0, 0.05) is 15.9 Å². The molecule has 2 aromatic rings. The van der Waals surface area contributed by atoms with Crippen molar-refractivity contribution in [2.45, 2.75) is 50.7 Å². The molecule has 0 spiro atoms. The topological polar surface area (TPSA) is 59.0 Å². The van der Waals surface area contributed by atoms with E-state index >= 15 is 0 Å². The molecule has 0 radical (unpaired) electrons. The molecule has 2 aliphatic rings. The average Bonchev–Trinajstić information content (AvgIpc) is 3.03. The lowest BCUT2D eigenvalue weighted by atomic mass is 9.90. The van der Waals surface area contributed by atoms with E-state index in [1.165, 1.54) is 0 Å². The summed E-state index contributed by atoms with van der Waals surface area (Å²) < 4.78 is 12.8. The van der Waals surface area contributed by atoms with Crippen LogP contribution in [0.1, 0.15) is 37.4 Å². The first-order valence-electron chi connectivity index (χ1n) is 10.4. The predicted molar refractivity (Wildman–Crippen MR) is 124 cm³/mol. The summed E-state index contributed by atoms with van der Waals surface area (Å²) in [5.41, 5.74) is 1.33. The molecule has 1 fully saturated rings. The first kappa shape index (κ1) is 21.6. The molecule has 0 aromatic heterocycles. The van der Waals surface area contributed by atoms with E-state index < -0.39 is 11.8 Å². The highest BCUT2D eigenvalue weighted by atomic mass is 127. The number of fused-ring (bicyclic) bond motifs is 3. The van der Waals surface area contributed by atoms with Crippen LogP contribution in [0.15, 0.2) is 54.6 Å². The Morgan fingerprint density at radius 3 is 2.63 bits per heavy atom. The molecule has 0 bridgehead atoms. The van der Waals surface area contributed by atoms with Gasteiger partial charge in [-0.05, 0) is 38.3 Å². The van der Waals surface area contributed by atoms with Crippen LogP contribution >= 0.6 is 22.6 Å². The fraction of sp³-hybridized carbons (Fsp3) is 0.458. The fourth-order valence-corrected chi connectivity index (χ4v) is 5.01. The summed E-state index contributed by atoms with van der Waals surface area (Å²) >= 11 is 2.17. The van der Waals surface area contributed by atoms with Gasteiger partial charge in [-0.2, -0.15) is 0 Å². The molecule has 6 heteroatoms. The van der Waals surface area contributed by atoms with Gasteiger partial charge in [0.2, 0.25) is 5.91 Å². The fourth-order valence-electron chi connectivity index (χ4n) is 4.65. The van der Waals surface area contributed by atoms with Crippen LogP contribution < -0.4 is 4.74 Å². The standard InChI is InChI=1S/C24H28INO4/c1-24(2)26(22-19-10-6-7-11-20(19)29-15-21(22)30-24)23(28)17(13-18(27)14-25)12-16-8-4-3-5-9-16/h3-11,17-18,21-22,27H,12-15H2,1-2H3/t17-,18+,21?,22?/m1/s1. The largest absolute Gasteiger partial charge is 0.490 e. The van der Waals surface area contributed by atoms with E-state index in [0.29, 0.717) is 23.9 Å². The average molecular weight is 521 g/mol. The monoisotopic (exact) mass is 521 g/mol. The molecule has 1 N–H and O–H groups in total. The van der Waals surface area contributed by atoms with Crippen molar-refractivity contribution in [3.8, 4) is 5.75 Å². The molecule has 2 unspecified atom stereocenters. The second-order valence-corrected chi connectivity index (χ2v) is 9.42. The van der Waals surface area contributed by atoms with Crippen LogP contribution in [0.2, 0.25) is 0 Å². The Hall–Kier alpha value is -1.64. The predicted octanol–water partition coefficient (Wildman–Crippen LogP) is 4.13. The van der Waals surface area contributed by atoms with Crippen LogP contribution in [-0.2, 0) is 16.0 Å². The number of benzene rings is 2. The first-order chi connectivity index (χ1) is 14.4. The Bertz CT molecular complexity index is 888. The molecular formula is C24H28INO4. The van der Waals surface area contributed by atoms with Crippen LogP contribution in [0.3, 0.4) is 0 Å². The Labute approximate surface area is 191 Å². The highest BCUT2D eigenvalue weighted by Crippen LogP contribution is 2.47. The number of carbonyl (C=O) groups excluding carboxylic acids is 1. The van der Waals surface area contributed by atoms with Gasteiger partial charge in [0.15, 0.2) is 0 Å². The summed E-state index contributed by atoms with van der Waals surface area (Å²) in [5.74, 6) is 0.510. The molecule has 1 saturated heterocycles. The van der Waals surface area contributed by atoms with Gasteiger partial charge in [-0.25, -0.2) is 0 Å². The molecule has 4 atom stereocenters. The van der Waals surface area contributed by atoms with Crippen molar-refractivity contribution in [2.75, 3.05) is 11.0 Å². The number of hydrogen-bond donors (Lipinski definition) is 1. The van der Waals surface area contributed by atoms with Gasteiger partial charge in [0.25, 0.3) is 0 Å². The summed E-state index contributed by atoms with van der Waals surface area (Å²) in [4.78, 5) is 15.9. The molecule has 0 aliphatic carbocycles. The highest BCUT2D eigenvalue weighted by molar-refractivity contribution is 14.1.